The first-order valence-corrected chi connectivity index (χ1v) is 8.76. The number of rotatable bonds is 3. The molecule has 2 saturated heterocycles. The molecule has 0 atom stereocenters. The zero-order chi connectivity index (χ0) is 16.2. The molecule has 23 heavy (non-hydrogen) atoms. The van der Waals surface area contributed by atoms with Gasteiger partial charge in [0.15, 0.2) is 0 Å². The van der Waals surface area contributed by atoms with Gasteiger partial charge in [-0.15, -0.1) is 0 Å². The third kappa shape index (κ3) is 4.32. The standard InChI is InChI=1S/C16H24ClN5O/c1-13-18-14(17)11-15(19-13)21-9-7-20(8-10-21)12-16(23)22-5-3-2-4-6-22/h11H,2-10,12H2,1H3. The van der Waals surface area contributed by atoms with Crippen LogP contribution in [0, 0.1) is 6.92 Å². The second-order valence-electron chi connectivity index (χ2n) is 6.30. The number of halogens is 1. The fraction of sp³-hybridized carbons (Fsp3) is 0.688. The van der Waals surface area contributed by atoms with Gasteiger partial charge in [-0.1, -0.05) is 11.6 Å². The van der Waals surface area contributed by atoms with Crippen molar-refractivity contribution in [2.45, 2.75) is 26.2 Å². The first-order valence-electron chi connectivity index (χ1n) is 8.38. The lowest BCUT2D eigenvalue weighted by Crippen LogP contribution is -2.51. The minimum atomic E-state index is 0.277. The predicted octanol–water partition coefficient (Wildman–Crippen LogP) is 1.57. The summed E-state index contributed by atoms with van der Waals surface area (Å²) in [7, 11) is 0. The number of nitrogens with zero attached hydrogens (tertiary/aromatic N) is 5. The average Bonchev–Trinajstić information content (AvgIpc) is 2.55. The molecule has 7 heteroatoms. The van der Waals surface area contributed by atoms with Crippen molar-refractivity contribution in [3.8, 4) is 0 Å². The van der Waals surface area contributed by atoms with Crippen LogP contribution in [0.1, 0.15) is 25.1 Å². The molecule has 0 aliphatic carbocycles. The molecule has 3 rings (SSSR count). The van der Waals surface area contributed by atoms with Crippen molar-refractivity contribution >= 4 is 23.3 Å². The molecule has 0 unspecified atom stereocenters. The monoisotopic (exact) mass is 337 g/mol. The van der Waals surface area contributed by atoms with Crippen LogP contribution >= 0.6 is 11.6 Å². The topological polar surface area (TPSA) is 52.6 Å². The van der Waals surface area contributed by atoms with E-state index in [1.54, 1.807) is 0 Å². The van der Waals surface area contributed by atoms with Gasteiger partial charge in [0.05, 0.1) is 6.54 Å². The van der Waals surface area contributed by atoms with Crippen LogP contribution < -0.4 is 4.90 Å². The van der Waals surface area contributed by atoms with Crippen LogP contribution in [0.2, 0.25) is 5.15 Å². The SMILES string of the molecule is Cc1nc(Cl)cc(N2CCN(CC(=O)N3CCCCC3)CC2)n1. The van der Waals surface area contributed by atoms with Crippen LogP contribution in [0.15, 0.2) is 6.07 Å². The number of likely N-dealkylation sites (tertiary alicyclic amines) is 1. The number of carbonyl (C=O) groups is 1. The van der Waals surface area contributed by atoms with Crippen molar-refractivity contribution in [2.24, 2.45) is 0 Å². The molecule has 0 saturated carbocycles. The Morgan fingerprint density at radius 3 is 2.43 bits per heavy atom. The van der Waals surface area contributed by atoms with Crippen LogP contribution in [0.5, 0.6) is 0 Å². The largest absolute Gasteiger partial charge is 0.354 e. The second-order valence-corrected chi connectivity index (χ2v) is 6.69. The lowest BCUT2D eigenvalue weighted by molar-refractivity contribution is -0.133. The maximum absolute atomic E-state index is 12.3. The van der Waals surface area contributed by atoms with E-state index in [0.29, 0.717) is 17.5 Å². The van der Waals surface area contributed by atoms with Crippen LogP contribution in [-0.2, 0) is 4.79 Å². The number of anilines is 1. The highest BCUT2D eigenvalue weighted by atomic mass is 35.5. The minimum Gasteiger partial charge on any atom is -0.354 e. The Morgan fingerprint density at radius 2 is 1.78 bits per heavy atom. The summed E-state index contributed by atoms with van der Waals surface area (Å²) in [5, 5.41) is 0.482. The number of hydrogen-bond donors (Lipinski definition) is 0. The Morgan fingerprint density at radius 1 is 1.09 bits per heavy atom. The Bertz CT molecular complexity index is 533. The van der Waals surface area contributed by atoms with Crippen molar-refractivity contribution in [2.75, 3.05) is 50.7 Å². The smallest absolute Gasteiger partial charge is 0.236 e. The first kappa shape index (κ1) is 16.5. The van der Waals surface area contributed by atoms with Crippen molar-refractivity contribution in [3.63, 3.8) is 0 Å². The summed E-state index contributed by atoms with van der Waals surface area (Å²) in [6.07, 6.45) is 3.55. The molecule has 0 spiro atoms. The van der Waals surface area contributed by atoms with E-state index in [9.17, 15) is 4.79 Å². The normalized spacial score (nSPS) is 19.9. The zero-order valence-electron chi connectivity index (χ0n) is 13.7. The first-order chi connectivity index (χ1) is 11.1. The third-order valence-corrected chi connectivity index (χ3v) is 4.75. The molecule has 2 aliphatic rings. The van der Waals surface area contributed by atoms with Crippen molar-refractivity contribution in [3.05, 3.63) is 17.0 Å². The van der Waals surface area contributed by atoms with Gasteiger partial charge in [0, 0.05) is 45.3 Å². The molecule has 0 bridgehead atoms. The lowest BCUT2D eigenvalue weighted by Gasteiger charge is -2.36. The molecule has 2 aliphatic heterocycles. The van der Waals surface area contributed by atoms with Crippen molar-refractivity contribution in [1.82, 2.24) is 19.8 Å². The van der Waals surface area contributed by atoms with Gasteiger partial charge in [-0.05, 0) is 26.2 Å². The molecule has 126 valence electrons. The van der Waals surface area contributed by atoms with E-state index in [1.807, 2.05) is 17.9 Å². The molecule has 0 aromatic carbocycles. The second kappa shape index (κ2) is 7.45. The molecule has 1 amide bonds. The van der Waals surface area contributed by atoms with Crippen molar-refractivity contribution in [1.29, 1.82) is 0 Å². The van der Waals surface area contributed by atoms with Gasteiger partial charge in [-0.2, -0.15) is 0 Å². The number of amides is 1. The Balaban J connectivity index is 1.51. The third-order valence-electron chi connectivity index (χ3n) is 4.56. The van der Waals surface area contributed by atoms with Gasteiger partial charge >= 0.3 is 0 Å². The molecule has 0 radical (unpaired) electrons. The van der Waals surface area contributed by atoms with Crippen LogP contribution in [-0.4, -0.2) is 71.5 Å². The molecule has 1 aromatic rings. The summed E-state index contributed by atoms with van der Waals surface area (Å²) >= 11 is 6.01. The van der Waals surface area contributed by atoms with Gasteiger partial charge < -0.3 is 9.80 Å². The van der Waals surface area contributed by atoms with E-state index in [-0.39, 0.29) is 5.91 Å². The highest BCUT2D eigenvalue weighted by Gasteiger charge is 2.23. The summed E-state index contributed by atoms with van der Waals surface area (Å²) < 4.78 is 0. The van der Waals surface area contributed by atoms with Gasteiger partial charge in [0.1, 0.15) is 16.8 Å². The number of aryl methyl sites for hydroxylation is 1. The number of carbonyl (C=O) groups excluding carboxylic acids is 1. The quantitative estimate of drug-likeness (QED) is 0.784. The fourth-order valence-corrected chi connectivity index (χ4v) is 3.47. The van der Waals surface area contributed by atoms with Gasteiger partial charge in [-0.3, -0.25) is 9.69 Å². The van der Waals surface area contributed by atoms with E-state index in [1.165, 1.54) is 6.42 Å². The summed E-state index contributed by atoms with van der Waals surface area (Å²) in [5.41, 5.74) is 0. The molecule has 0 N–H and O–H groups in total. The fourth-order valence-electron chi connectivity index (χ4n) is 3.25. The van der Waals surface area contributed by atoms with Crippen molar-refractivity contribution < 1.29 is 4.79 Å². The van der Waals surface area contributed by atoms with E-state index in [4.69, 9.17) is 11.6 Å². The van der Waals surface area contributed by atoms with E-state index < -0.39 is 0 Å². The van der Waals surface area contributed by atoms with E-state index in [0.717, 1.165) is 57.9 Å². The number of piperazine rings is 1. The summed E-state index contributed by atoms with van der Waals surface area (Å²) in [6, 6.07) is 1.81. The van der Waals surface area contributed by atoms with Gasteiger partial charge in [-0.25, -0.2) is 9.97 Å². The highest BCUT2D eigenvalue weighted by Crippen LogP contribution is 2.18. The maximum Gasteiger partial charge on any atom is 0.236 e. The average molecular weight is 338 g/mol. The molecule has 2 fully saturated rings. The Labute approximate surface area is 142 Å². The summed E-state index contributed by atoms with van der Waals surface area (Å²) in [6.45, 7) is 7.72. The van der Waals surface area contributed by atoms with Crippen LogP contribution in [0.25, 0.3) is 0 Å². The van der Waals surface area contributed by atoms with E-state index >= 15 is 0 Å². The van der Waals surface area contributed by atoms with E-state index in [2.05, 4.69) is 19.8 Å². The minimum absolute atomic E-state index is 0.277. The Hall–Kier alpha value is -1.40. The molecule has 3 heterocycles. The van der Waals surface area contributed by atoms with Gasteiger partial charge in [0.25, 0.3) is 0 Å². The molecule has 6 nitrogen and oxygen atoms in total. The molecular weight excluding hydrogens is 314 g/mol. The molecular formula is C16H24ClN5O. The summed E-state index contributed by atoms with van der Waals surface area (Å²) in [5.74, 6) is 1.85. The lowest BCUT2D eigenvalue weighted by atomic mass is 10.1. The highest BCUT2D eigenvalue weighted by molar-refractivity contribution is 6.29. The van der Waals surface area contributed by atoms with Gasteiger partial charge in [0.2, 0.25) is 5.91 Å². The maximum atomic E-state index is 12.3. The van der Waals surface area contributed by atoms with Crippen LogP contribution in [0.3, 0.4) is 0 Å². The summed E-state index contributed by atoms with van der Waals surface area (Å²) in [4.78, 5) is 27.4. The number of hydrogen-bond acceptors (Lipinski definition) is 5. The molecule has 1 aromatic heterocycles. The zero-order valence-corrected chi connectivity index (χ0v) is 14.4. The Kier molecular flexibility index (Phi) is 5.33. The van der Waals surface area contributed by atoms with Crippen LogP contribution in [0.4, 0.5) is 5.82 Å². The number of aromatic nitrogens is 2. The number of piperidine rings is 1. The predicted molar refractivity (Wildman–Crippen MR) is 90.9 cm³/mol.